The Morgan fingerprint density at radius 3 is 2.55 bits per heavy atom. The zero-order valence-corrected chi connectivity index (χ0v) is 6.86. The molecule has 0 heterocycles. The maximum Gasteiger partial charge on any atom is 0.182 e. The lowest BCUT2D eigenvalue weighted by molar-refractivity contribution is -0.314. The van der Waals surface area contributed by atoms with Crippen LogP contribution in [0.25, 0.3) is 0 Å². The summed E-state index contributed by atoms with van der Waals surface area (Å²) in [4.78, 5) is 14.2. The van der Waals surface area contributed by atoms with Gasteiger partial charge in [0, 0.05) is 6.54 Å². The molecule has 0 aliphatic rings. The Kier molecular flexibility index (Phi) is 5.68. The Morgan fingerprint density at radius 2 is 2.27 bits per heavy atom. The fourth-order valence-corrected chi connectivity index (χ4v) is 0.806. The van der Waals surface area contributed by atoms with Gasteiger partial charge in [0.15, 0.2) is 6.23 Å². The van der Waals surface area contributed by atoms with Crippen molar-refractivity contribution < 1.29 is 10.1 Å². The van der Waals surface area contributed by atoms with E-state index in [1.807, 2.05) is 6.92 Å². The Hall–Kier alpha value is -0.680. The van der Waals surface area contributed by atoms with Crippen molar-refractivity contribution in [2.45, 2.75) is 32.9 Å². The third kappa shape index (κ3) is 3.29. The van der Waals surface area contributed by atoms with Crippen LogP contribution in [-0.2, 0) is 4.89 Å². The van der Waals surface area contributed by atoms with Crippen molar-refractivity contribution in [1.29, 1.82) is 0 Å². The number of nitroso groups, excluding NO2 is 1. The van der Waals surface area contributed by atoms with Gasteiger partial charge in [-0.15, -0.1) is 4.91 Å². The van der Waals surface area contributed by atoms with E-state index in [4.69, 9.17) is 5.26 Å². The minimum absolute atomic E-state index is 0.503. The van der Waals surface area contributed by atoms with Gasteiger partial charge in [-0.25, -0.2) is 15.2 Å². The molecule has 0 rings (SSSR count). The first kappa shape index (κ1) is 10.3. The van der Waals surface area contributed by atoms with Crippen molar-refractivity contribution in [1.82, 2.24) is 5.01 Å². The van der Waals surface area contributed by atoms with Crippen LogP contribution in [0.5, 0.6) is 0 Å². The highest BCUT2D eigenvalue weighted by Crippen LogP contribution is 2.05. The Balaban J connectivity index is 3.86. The van der Waals surface area contributed by atoms with Crippen molar-refractivity contribution in [2.24, 2.45) is 5.29 Å². The molecule has 1 unspecified atom stereocenters. The minimum atomic E-state index is -0.604. The first-order valence-electron chi connectivity index (χ1n) is 3.70. The molecule has 1 atom stereocenters. The molecule has 0 aromatic heterocycles. The van der Waals surface area contributed by atoms with Crippen molar-refractivity contribution in [3.63, 3.8) is 0 Å². The molecule has 0 aromatic rings. The second-order valence-corrected chi connectivity index (χ2v) is 2.21. The van der Waals surface area contributed by atoms with E-state index >= 15 is 0 Å². The summed E-state index contributed by atoms with van der Waals surface area (Å²) in [5.41, 5.74) is 0. The molecular weight excluding hydrogens is 148 g/mol. The van der Waals surface area contributed by atoms with Crippen LogP contribution in [0, 0.1) is 4.91 Å². The highest BCUT2D eigenvalue weighted by molar-refractivity contribution is 4.54. The van der Waals surface area contributed by atoms with Crippen LogP contribution in [0.4, 0.5) is 0 Å². The standard InChI is InChI=1S/C6H14N2O3/c1-3-5-8(7-9)6(4-2)11-10/h6,10H,3-5H2,1-2H3. The molecule has 0 aliphatic carbocycles. The molecule has 0 amide bonds. The Bertz CT molecular complexity index is 106. The van der Waals surface area contributed by atoms with Gasteiger partial charge in [-0.05, 0) is 12.8 Å². The van der Waals surface area contributed by atoms with Crippen LogP contribution in [0.3, 0.4) is 0 Å². The van der Waals surface area contributed by atoms with Crippen molar-refractivity contribution >= 4 is 0 Å². The van der Waals surface area contributed by atoms with Gasteiger partial charge in [0.2, 0.25) is 0 Å². The molecule has 1 N–H and O–H groups in total. The van der Waals surface area contributed by atoms with Crippen LogP contribution in [0.1, 0.15) is 26.7 Å². The van der Waals surface area contributed by atoms with E-state index in [-0.39, 0.29) is 0 Å². The molecule has 0 aromatic carbocycles. The van der Waals surface area contributed by atoms with Gasteiger partial charge in [0.1, 0.15) is 0 Å². The van der Waals surface area contributed by atoms with E-state index in [1.165, 1.54) is 5.01 Å². The predicted octanol–water partition coefficient (Wildman–Crippen LogP) is 1.61. The molecule has 0 radical (unpaired) electrons. The second-order valence-electron chi connectivity index (χ2n) is 2.21. The first-order valence-corrected chi connectivity index (χ1v) is 3.70. The molecule has 0 spiro atoms. The average Bonchev–Trinajstić information content (AvgIpc) is 2.05. The van der Waals surface area contributed by atoms with E-state index in [0.717, 1.165) is 6.42 Å². The summed E-state index contributed by atoms with van der Waals surface area (Å²) in [6.45, 7) is 4.22. The van der Waals surface area contributed by atoms with Gasteiger partial charge < -0.3 is 0 Å². The van der Waals surface area contributed by atoms with Crippen molar-refractivity contribution in [3.05, 3.63) is 4.91 Å². The largest absolute Gasteiger partial charge is 0.250 e. The smallest absolute Gasteiger partial charge is 0.182 e. The highest BCUT2D eigenvalue weighted by Gasteiger charge is 2.15. The summed E-state index contributed by atoms with van der Waals surface area (Å²) in [5, 5.41) is 12.2. The SMILES string of the molecule is CCCN(N=O)C(CC)OO. The lowest BCUT2D eigenvalue weighted by Crippen LogP contribution is -2.32. The third-order valence-electron chi connectivity index (χ3n) is 1.36. The highest BCUT2D eigenvalue weighted by atomic mass is 17.1. The van der Waals surface area contributed by atoms with Gasteiger partial charge >= 0.3 is 0 Å². The Labute approximate surface area is 65.8 Å². The molecule has 0 saturated heterocycles. The molecular formula is C6H14N2O3. The van der Waals surface area contributed by atoms with E-state index < -0.39 is 6.23 Å². The van der Waals surface area contributed by atoms with Gasteiger partial charge in [0.05, 0.1) is 5.29 Å². The van der Waals surface area contributed by atoms with Gasteiger partial charge in [-0.1, -0.05) is 13.8 Å². The molecule has 5 heteroatoms. The molecule has 0 fully saturated rings. The summed E-state index contributed by atoms with van der Waals surface area (Å²) in [6, 6.07) is 0. The monoisotopic (exact) mass is 162 g/mol. The summed E-state index contributed by atoms with van der Waals surface area (Å²) < 4.78 is 0. The predicted molar refractivity (Wildman–Crippen MR) is 40.6 cm³/mol. The quantitative estimate of drug-likeness (QED) is 0.279. The van der Waals surface area contributed by atoms with E-state index in [9.17, 15) is 4.91 Å². The maximum atomic E-state index is 10.1. The summed E-state index contributed by atoms with van der Waals surface area (Å²) in [6.07, 6.45) is 0.723. The number of rotatable bonds is 6. The molecule has 0 bridgehead atoms. The van der Waals surface area contributed by atoms with Crippen LogP contribution >= 0.6 is 0 Å². The first-order chi connectivity index (χ1) is 5.29. The van der Waals surface area contributed by atoms with Crippen LogP contribution < -0.4 is 0 Å². The fraction of sp³-hybridized carbons (Fsp3) is 1.00. The van der Waals surface area contributed by atoms with E-state index in [0.29, 0.717) is 13.0 Å². The van der Waals surface area contributed by atoms with E-state index in [1.54, 1.807) is 6.92 Å². The van der Waals surface area contributed by atoms with Gasteiger partial charge in [-0.2, -0.15) is 0 Å². The normalized spacial score (nSPS) is 12.6. The number of nitrogens with zero attached hydrogens (tertiary/aromatic N) is 2. The summed E-state index contributed by atoms with van der Waals surface area (Å²) >= 11 is 0. The zero-order valence-electron chi connectivity index (χ0n) is 6.86. The molecule has 0 aliphatic heterocycles. The molecule has 11 heavy (non-hydrogen) atoms. The summed E-state index contributed by atoms with van der Waals surface area (Å²) in [7, 11) is 0. The second kappa shape index (κ2) is 6.06. The lowest BCUT2D eigenvalue weighted by atomic mass is 10.4. The van der Waals surface area contributed by atoms with Crippen molar-refractivity contribution in [2.75, 3.05) is 6.54 Å². The van der Waals surface area contributed by atoms with E-state index in [2.05, 4.69) is 10.2 Å². The zero-order chi connectivity index (χ0) is 8.69. The maximum absolute atomic E-state index is 10.1. The minimum Gasteiger partial charge on any atom is -0.250 e. The summed E-state index contributed by atoms with van der Waals surface area (Å²) in [5.74, 6) is 0. The topological polar surface area (TPSA) is 62.1 Å². The van der Waals surface area contributed by atoms with Crippen LogP contribution in [-0.4, -0.2) is 23.0 Å². The van der Waals surface area contributed by atoms with Gasteiger partial charge in [-0.3, -0.25) is 0 Å². The van der Waals surface area contributed by atoms with Crippen LogP contribution in [0.2, 0.25) is 0 Å². The van der Waals surface area contributed by atoms with Crippen molar-refractivity contribution in [3.8, 4) is 0 Å². The Morgan fingerprint density at radius 1 is 1.64 bits per heavy atom. The lowest BCUT2D eigenvalue weighted by Gasteiger charge is -2.20. The molecule has 0 saturated carbocycles. The molecule has 66 valence electrons. The average molecular weight is 162 g/mol. The number of hydrogen-bond donors (Lipinski definition) is 1. The van der Waals surface area contributed by atoms with Gasteiger partial charge in [0.25, 0.3) is 0 Å². The number of hydrogen-bond acceptors (Lipinski definition) is 4. The molecule has 5 nitrogen and oxygen atoms in total. The van der Waals surface area contributed by atoms with Crippen LogP contribution in [0.15, 0.2) is 5.29 Å². The third-order valence-corrected chi connectivity index (χ3v) is 1.36. The fourth-order valence-electron chi connectivity index (χ4n) is 0.806.